The van der Waals surface area contributed by atoms with Gasteiger partial charge < -0.3 is 67.8 Å². The monoisotopic (exact) mass is 1750 g/mol. The molecule has 37 heteroatoms. The van der Waals surface area contributed by atoms with Gasteiger partial charge in [0.2, 0.25) is 23.6 Å². The van der Waals surface area contributed by atoms with Gasteiger partial charge in [0.15, 0.2) is 34.1 Å². The minimum Gasteiger partial charge on any atom is -0.495 e. The van der Waals surface area contributed by atoms with E-state index < -0.39 is 0 Å². The summed E-state index contributed by atoms with van der Waals surface area (Å²) in [7, 11) is 6.42. The molecule has 18 rings (SSSR count). The van der Waals surface area contributed by atoms with Gasteiger partial charge in [-0.1, -0.05) is 46.4 Å². The van der Waals surface area contributed by atoms with Gasteiger partial charge in [-0.25, -0.2) is 43.6 Å². The number of morpholine rings is 1. The van der Waals surface area contributed by atoms with E-state index in [0.717, 1.165) is 125 Å². The molecule has 0 N–H and O–H groups in total. The number of carbonyl (C=O) groups excluding carboxylic acids is 4. The topological polar surface area (TPSA) is 303 Å². The molecule has 0 radical (unpaired) electrons. The highest BCUT2D eigenvalue weighted by Gasteiger charge is 2.30. The molecule has 0 saturated carbocycles. The first-order chi connectivity index (χ1) is 59.4. The van der Waals surface area contributed by atoms with Gasteiger partial charge in [0.25, 0.3) is 0 Å². The van der Waals surface area contributed by atoms with Crippen molar-refractivity contribution in [3.05, 3.63) is 189 Å². The molecule has 13 aromatic rings. The molecule has 32 nitrogen and oxygen atoms in total. The third kappa shape index (κ3) is 19.3. The van der Waals surface area contributed by atoms with E-state index in [1.807, 2.05) is 141 Å². The number of hydrogen-bond acceptors (Lipinski definition) is 25. The first-order valence-electron chi connectivity index (χ1n) is 39.7. The first-order valence-corrected chi connectivity index (χ1v) is 42.1. The fourth-order valence-electron chi connectivity index (χ4n) is 15.2. The Bertz CT molecular complexity index is 5930. The van der Waals surface area contributed by atoms with Gasteiger partial charge in [0.05, 0.1) is 78.7 Å². The number of fused-ring (bicyclic) bond motifs is 4. The number of benzene rings is 4. The van der Waals surface area contributed by atoms with Crippen LogP contribution in [0.2, 0.25) is 20.1 Å². The van der Waals surface area contributed by atoms with Crippen LogP contribution in [0.4, 0.5) is 28.6 Å². The minimum atomic E-state index is -0.0436. The summed E-state index contributed by atoms with van der Waals surface area (Å²) >= 11 is 26.0. The van der Waals surface area contributed by atoms with Gasteiger partial charge in [-0.05, 0) is 104 Å². The summed E-state index contributed by atoms with van der Waals surface area (Å²) in [6, 6.07) is 40.2. The van der Waals surface area contributed by atoms with Crippen molar-refractivity contribution in [1.82, 2.24) is 83.6 Å². The number of anilines is 5. The van der Waals surface area contributed by atoms with Crippen LogP contribution < -0.4 is 43.4 Å². The van der Waals surface area contributed by atoms with E-state index in [9.17, 15) is 24.4 Å². The maximum absolute atomic E-state index is 13.1. The summed E-state index contributed by atoms with van der Waals surface area (Å²) < 4.78 is 33.3. The molecule has 0 aliphatic carbocycles. The van der Waals surface area contributed by atoms with Crippen molar-refractivity contribution in [2.45, 2.75) is 33.1 Å². The van der Waals surface area contributed by atoms with Gasteiger partial charge in [0, 0.05) is 211 Å². The number of rotatable bonds is 18. The number of ether oxygens (including phenoxy) is 5. The molecule has 0 spiro atoms. The summed E-state index contributed by atoms with van der Waals surface area (Å²) in [5, 5.41) is 35.8. The van der Waals surface area contributed by atoms with Crippen LogP contribution in [0.3, 0.4) is 0 Å². The zero-order chi connectivity index (χ0) is 84.9. The fourth-order valence-corrected chi connectivity index (χ4v) is 16.7. The average Bonchev–Trinajstić information content (AvgIpc) is 1.64. The second kappa shape index (κ2) is 39.0. The second-order valence-electron chi connectivity index (χ2n) is 29.1. The number of amides is 4. The number of nitriles is 1. The number of hydrogen-bond donors (Lipinski definition) is 0. The second-order valence-corrected chi connectivity index (χ2v) is 31.6. The molecule has 5 aliphatic heterocycles. The minimum absolute atomic E-state index is 0.0269. The summed E-state index contributed by atoms with van der Waals surface area (Å²) in [5.41, 5.74) is 8.81. The van der Waals surface area contributed by atoms with Gasteiger partial charge in [-0.3, -0.25) is 19.2 Å². The Balaban J connectivity index is 0.000000127. The van der Waals surface area contributed by atoms with Crippen molar-refractivity contribution in [2.24, 2.45) is 0 Å². The van der Waals surface area contributed by atoms with Crippen LogP contribution in [0.15, 0.2) is 158 Å². The molecule has 0 atom stereocenters. The van der Waals surface area contributed by atoms with Crippen LogP contribution in [0.1, 0.15) is 11.4 Å². The molecule has 5 aliphatic rings. The Kier molecular flexibility index (Phi) is 27.1. The molecule has 4 amide bonds. The zero-order valence-electron chi connectivity index (χ0n) is 67.9. The van der Waals surface area contributed by atoms with Crippen molar-refractivity contribution in [3.63, 3.8) is 0 Å². The maximum Gasteiger partial charge on any atom is 0.244 e. The van der Waals surface area contributed by atoms with Crippen molar-refractivity contribution in [1.29, 1.82) is 5.26 Å². The number of nitrogens with zero attached hydrogens (tertiary/aromatic N) is 23. The summed E-state index contributed by atoms with van der Waals surface area (Å²) in [4.78, 5) is 92.4. The third-order valence-corrected chi connectivity index (χ3v) is 23.9. The highest BCUT2D eigenvalue weighted by Crippen LogP contribution is 2.36. The SMILES string of the molecule is COc1cc(N2CCN(C(=O)Cn3nc(-c4nccs4)c4cccnc43)CC2)ccc1Cl.COc1cc(N2CCN(C(=O)Cn3nc(C#N)c4cccnc43)CC2)ccc1Cl.COc1cc(N2CCN(C(=O)Cn3nc(N4CCOCC4)c4cccnc43)CC2)ccc1Cl.COc1cc(N2CCN(C(=O)Cn3ncc4ccc(C)nc43)CC2)ccc1Cl. The zero-order valence-corrected chi connectivity index (χ0v) is 71.7. The maximum atomic E-state index is 13.1. The lowest BCUT2D eigenvalue weighted by molar-refractivity contribution is -0.133. The highest BCUT2D eigenvalue weighted by atomic mass is 35.5. The van der Waals surface area contributed by atoms with E-state index in [0.29, 0.717) is 138 Å². The van der Waals surface area contributed by atoms with Crippen LogP contribution in [0.25, 0.3) is 54.8 Å². The molecule has 5 saturated heterocycles. The lowest BCUT2D eigenvalue weighted by atomic mass is 10.2. The molecule has 14 heterocycles. The molecule has 9 aromatic heterocycles. The Morgan fingerprint density at radius 3 is 1.22 bits per heavy atom. The summed E-state index contributed by atoms with van der Waals surface area (Å²) in [6.07, 6.45) is 8.59. The molecule has 0 unspecified atom stereocenters. The number of thiazole rings is 1. The van der Waals surface area contributed by atoms with Gasteiger partial charge in [0.1, 0.15) is 65.9 Å². The van der Waals surface area contributed by atoms with Crippen LogP contribution in [-0.2, 0) is 50.1 Å². The van der Waals surface area contributed by atoms with E-state index in [1.54, 1.807) is 85.6 Å². The standard InChI is InChI=1S/C23H27ClN6O3.C22H21ClN6O2S.C20H19ClN6O2.C20H22ClN5O2/c1-32-20-15-17(4-5-19(20)24)27-7-9-28(10-8-27)21(31)16-30-22-18(3-2-6-25-22)23(26-30)29-11-13-33-14-12-29;1-31-18-13-15(4-5-17(18)23)27-8-10-28(11-9-27)19(30)14-29-21-16(3-2-6-24-21)20(26-29)22-25-7-12-32-22;1-29-18-11-14(4-5-16(18)21)25-7-9-26(10-8-25)19(28)13-27-20-15(3-2-6-23-20)17(12-22)24-27;1-14-3-4-15-12-22-26(20(15)23-14)13-19(27)25-9-7-24(8-10-25)16-5-6-17(21)18(11-16)28-2/h2-6,15H,7-14,16H2,1H3;2-7,12-13H,8-11,14H2,1H3;2-6,11H,7-10,13H2,1H3;3-6,11-12H,7-10,13H2,1-2H3. The van der Waals surface area contributed by atoms with E-state index in [4.69, 9.17) is 75.2 Å². The number of aromatic nitrogens is 13. The largest absolute Gasteiger partial charge is 0.495 e. The van der Waals surface area contributed by atoms with Crippen molar-refractivity contribution >= 4 is 154 Å². The van der Waals surface area contributed by atoms with Gasteiger partial charge in [-0.2, -0.15) is 25.7 Å². The van der Waals surface area contributed by atoms with E-state index in [1.165, 1.54) is 16.0 Å². The average molecular weight is 1750 g/mol. The van der Waals surface area contributed by atoms with Crippen LogP contribution in [0.5, 0.6) is 23.0 Å². The number of pyridine rings is 4. The Hall–Kier alpha value is -12.3. The van der Waals surface area contributed by atoms with Gasteiger partial charge >= 0.3 is 0 Å². The Labute approximate surface area is 727 Å². The predicted octanol–water partition coefficient (Wildman–Crippen LogP) is 10.9. The summed E-state index contributed by atoms with van der Waals surface area (Å²) in [5.74, 6) is 3.56. The molecule has 4 aromatic carbocycles. The van der Waals surface area contributed by atoms with Crippen molar-refractivity contribution in [3.8, 4) is 39.8 Å². The third-order valence-electron chi connectivity index (χ3n) is 21.8. The van der Waals surface area contributed by atoms with Crippen molar-refractivity contribution in [2.75, 3.05) is 184 Å². The van der Waals surface area contributed by atoms with Gasteiger partial charge in [-0.15, -0.1) is 11.3 Å². The fraction of sp³-hybridized carbons (Fsp3) is 0.341. The number of methoxy groups -OCH3 is 4. The van der Waals surface area contributed by atoms with Crippen LogP contribution in [-0.4, -0.2) is 267 Å². The molecular weight excluding hydrogens is 1660 g/mol. The highest BCUT2D eigenvalue weighted by molar-refractivity contribution is 7.13. The van der Waals surface area contributed by atoms with Crippen molar-refractivity contribution < 1.29 is 42.9 Å². The number of carbonyl (C=O) groups is 4. The summed E-state index contributed by atoms with van der Waals surface area (Å²) in [6.45, 7) is 16.4. The Morgan fingerprint density at radius 2 is 0.811 bits per heavy atom. The Morgan fingerprint density at radius 1 is 0.426 bits per heavy atom. The first kappa shape index (κ1) is 84.7. The quantitative estimate of drug-likeness (QED) is 0.0770. The smallest absolute Gasteiger partial charge is 0.244 e. The molecule has 5 fully saturated rings. The number of aryl methyl sites for hydroxylation is 1. The molecule has 122 heavy (non-hydrogen) atoms. The molecule has 632 valence electrons. The van der Waals surface area contributed by atoms with E-state index in [-0.39, 0.29) is 55.5 Å². The molecular formula is C85H89Cl4N23O9S. The predicted molar refractivity (Wildman–Crippen MR) is 471 cm³/mol. The van der Waals surface area contributed by atoms with Crippen LogP contribution in [0, 0.1) is 18.3 Å². The van der Waals surface area contributed by atoms with E-state index in [2.05, 4.69) is 70.8 Å². The molecule has 0 bridgehead atoms. The lowest BCUT2D eigenvalue weighted by Gasteiger charge is -2.36. The number of piperazine rings is 4. The normalized spacial score (nSPS) is 15.0. The van der Waals surface area contributed by atoms with Crippen LogP contribution >= 0.6 is 57.7 Å². The van der Waals surface area contributed by atoms with E-state index >= 15 is 0 Å². The number of halogens is 4. The lowest BCUT2D eigenvalue weighted by Crippen LogP contribution is -2.49.